The van der Waals surface area contributed by atoms with E-state index >= 15 is 0 Å². The van der Waals surface area contributed by atoms with Gasteiger partial charge < -0.3 is 9.47 Å². The normalized spacial score (nSPS) is 10.2. The third kappa shape index (κ3) is 3.02. The minimum absolute atomic E-state index is 0.0668. The largest absolute Gasteiger partial charge is 0.497 e. The van der Waals surface area contributed by atoms with Gasteiger partial charge in [-0.15, -0.1) is 0 Å². The molecule has 2 rings (SSSR count). The summed E-state index contributed by atoms with van der Waals surface area (Å²) in [6, 6.07) is 10.7. The Kier molecular flexibility index (Phi) is 4.45. The van der Waals surface area contributed by atoms with Crippen molar-refractivity contribution < 1.29 is 14.3 Å². The Bertz CT molecular complexity index is 628. The van der Waals surface area contributed by atoms with Crippen molar-refractivity contribution in [1.82, 2.24) is 0 Å². The third-order valence-electron chi connectivity index (χ3n) is 3.05. The van der Waals surface area contributed by atoms with E-state index in [9.17, 15) is 4.79 Å². The summed E-state index contributed by atoms with van der Waals surface area (Å²) in [6.07, 6.45) is 0. The third-order valence-corrected chi connectivity index (χ3v) is 3.90. The van der Waals surface area contributed by atoms with Gasteiger partial charge in [-0.25, -0.2) is 0 Å². The molecule has 0 aliphatic carbocycles. The monoisotopic (exact) mass is 334 g/mol. The number of methoxy groups -OCH3 is 2. The quantitative estimate of drug-likeness (QED) is 0.792. The number of carbonyl (C=O) groups is 1. The first-order valence-electron chi connectivity index (χ1n) is 6.09. The molecule has 3 nitrogen and oxygen atoms in total. The zero-order valence-corrected chi connectivity index (χ0v) is 13.2. The van der Waals surface area contributed by atoms with Gasteiger partial charge in [0.15, 0.2) is 5.78 Å². The molecule has 0 heterocycles. The van der Waals surface area contributed by atoms with Crippen LogP contribution in [0.25, 0.3) is 0 Å². The number of ketones is 1. The zero-order valence-electron chi connectivity index (χ0n) is 11.6. The lowest BCUT2D eigenvalue weighted by Crippen LogP contribution is -2.03. The molecule has 0 saturated carbocycles. The second-order valence-corrected chi connectivity index (χ2v) is 5.25. The van der Waals surface area contributed by atoms with Crippen LogP contribution in [0.4, 0.5) is 0 Å². The van der Waals surface area contributed by atoms with Crippen LogP contribution in [0.2, 0.25) is 0 Å². The molecule has 0 aliphatic heterocycles. The van der Waals surface area contributed by atoms with Gasteiger partial charge in [-0.05, 0) is 30.7 Å². The number of halogens is 1. The van der Waals surface area contributed by atoms with E-state index < -0.39 is 0 Å². The fourth-order valence-corrected chi connectivity index (χ4v) is 2.22. The summed E-state index contributed by atoms with van der Waals surface area (Å²) in [5.74, 6) is 1.13. The van der Waals surface area contributed by atoms with Crippen molar-refractivity contribution in [3.05, 3.63) is 57.6 Å². The first kappa shape index (κ1) is 14.6. The Labute approximate surface area is 126 Å². The van der Waals surface area contributed by atoms with Crippen molar-refractivity contribution >= 4 is 21.7 Å². The first-order chi connectivity index (χ1) is 9.55. The van der Waals surface area contributed by atoms with Crippen molar-refractivity contribution in [2.24, 2.45) is 0 Å². The van der Waals surface area contributed by atoms with Crippen LogP contribution in [0.15, 0.2) is 40.9 Å². The molecule has 0 spiro atoms. The highest BCUT2D eigenvalue weighted by atomic mass is 79.9. The van der Waals surface area contributed by atoms with Gasteiger partial charge in [-0.1, -0.05) is 28.1 Å². The Hall–Kier alpha value is -1.81. The average molecular weight is 335 g/mol. The number of rotatable bonds is 4. The van der Waals surface area contributed by atoms with Crippen LogP contribution in [0, 0.1) is 6.92 Å². The van der Waals surface area contributed by atoms with Crippen LogP contribution in [-0.4, -0.2) is 20.0 Å². The summed E-state index contributed by atoms with van der Waals surface area (Å²) in [5.41, 5.74) is 2.25. The molecule has 104 valence electrons. The fraction of sp³-hybridized carbons (Fsp3) is 0.188. The molecule has 2 aromatic carbocycles. The molecule has 4 heteroatoms. The number of hydrogen-bond donors (Lipinski definition) is 0. The second-order valence-electron chi connectivity index (χ2n) is 4.39. The van der Waals surface area contributed by atoms with E-state index in [1.807, 2.05) is 25.1 Å². The molecule has 0 bridgehead atoms. The summed E-state index contributed by atoms with van der Waals surface area (Å²) in [7, 11) is 3.12. The van der Waals surface area contributed by atoms with Crippen LogP contribution in [-0.2, 0) is 0 Å². The van der Waals surface area contributed by atoms with Crippen molar-refractivity contribution in [3.8, 4) is 11.5 Å². The molecule has 0 amide bonds. The van der Waals surface area contributed by atoms with Gasteiger partial charge in [0.25, 0.3) is 0 Å². The standard InChI is InChI=1S/C16H15BrO3/c1-10-4-5-11(8-15(10)17)16(18)12-6-13(19-2)9-14(7-12)20-3/h4-9H,1-3H3. The highest BCUT2D eigenvalue weighted by Gasteiger charge is 2.13. The van der Waals surface area contributed by atoms with Gasteiger partial charge >= 0.3 is 0 Å². The van der Waals surface area contributed by atoms with Gasteiger partial charge in [0.2, 0.25) is 0 Å². The summed E-state index contributed by atoms with van der Waals surface area (Å²) < 4.78 is 11.3. The van der Waals surface area contributed by atoms with Crippen LogP contribution in [0.1, 0.15) is 21.5 Å². The molecule has 20 heavy (non-hydrogen) atoms. The lowest BCUT2D eigenvalue weighted by molar-refractivity contribution is 0.103. The average Bonchev–Trinajstić information content (AvgIpc) is 2.48. The van der Waals surface area contributed by atoms with E-state index in [4.69, 9.17) is 9.47 Å². The van der Waals surface area contributed by atoms with E-state index in [2.05, 4.69) is 15.9 Å². The Morgan fingerprint density at radius 1 is 0.950 bits per heavy atom. The smallest absolute Gasteiger partial charge is 0.193 e. The van der Waals surface area contributed by atoms with Crippen molar-refractivity contribution in [1.29, 1.82) is 0 Å². The lowest BCUT2D eigenvalue weighted by atomic mass is 10.0. The summed E-state index contributed by atoms with van der Waals surface area (Å²) in [4.78, 5) is 12.5. The summed E-state index contributed by atoms with van der Waals surface area (Å²) in [6.45, 7) is 1.98. The molecule has 0 radical (unpaired) electrons. The van der Waals surface area contributed by atoms with Crippen molar-refractivity contribution in [2.75, 3.05) is 14.2 Å². The number of carbonyl (C=O) groups excluding carboxylic acids is 1. The van der Waals surface area contributed by atoms with Crippen molar-refractivity contribution in [2.45, 2.75) is 6.92 Å². The number of ether oxygens (including phenoxy) is 2. The highest BCUT2D eigenvalue weighted by Crippen LogP contribution is 2.25. The number of aryl methyl sites for hydroxylation is 1. The van der Waals surface area contributed by atoms with E-state index in [0.29, 0.717) is 22.6 Å². The predicted molar refractivity (Wildman–Crippen MR) is 81.9 cm³/mol. The van der Waals surface area contributed by atoms with Crippen LogP contribution in [0.5, 0.6) is 11.5 Å². The van der Waals surface area contributed by atoms with Gasteiger partial charge in [-0.2, -0.15) is 0 Å². The molecule has 2 aromatic rings. The Morgan fingerprint density at radius 2 is 1.55 bits per heavy atom. The molecule has 0 saturated heterocycles. The van der Waals surface area contributed by atoms with E-state index in [1.165, 1.54) is 0 Å². The van der Waals surface area contributed by atoms with Crippen molar-refractivity contribution in [3.63, 3.8) is 0 Å². The number of benzene rings is 2. The van der Waals surface area contributed by atoms with E-state index in [-0.39, 0.29) is 5.78 Å². The Balaban J connectivity index is 2.44. The van der Waals surface area contributed by atoms with Crippen LogP contribution < -0.4 is 9.47 Å². The zero-order chi connectivity index (χ0) is 14.7. The van der Waals surface area contributed by atoms with Gasteiger partial charge in [0, 0.05) is 21.7 Å². The minimum Gasteiger partial charge on any atom is -0.497 e. The molecule has 0 unspecified atom stereocenters. The first-order valence-corrected chi connectivity index (χ1v) is 6.88. The number of hydrogen-bond acceptors (Lipinski definition) is 3. The molecule has 0 N–H and O–H groups in total. The SMILES string of the molecule is COc1cc(OC)cc(C(=O)c2ccc(C)c(Br)c2)c1. The van der Waals surface area contributed by atoms with Gasteiger partial charge in [-0.3, -0.25) is 4.79 Å². The topological polar surface area (TPSA) is 35.5 Å². The van der Waals surface area contributed by atoms with E-state index in [1.54, 1.807) is 32.4 Å². The minimum atomic E-state index is -0.0668. The van der Waals surface area contributed by atoms with Crippen LogP contribution in [0.3, 0.4) is 0 Å². The molecule has 0 atom stereocenters. The van der Waals surface area contributed by atoms with E-state index in [0.717, 1.165) is 10.0 Å². The summed E-state index contributed by atoms with van der Waals surface area (Å²) in [5, 5.41) is 0. The molecule has 0 aliphatic rings. The predicted octanol–water partition coefficient (Wildman–Crippen LogP) is 4.01. The van der Waals surface area contributed by atoms with Gasteiger partial charge in [0.05, 0.1) is 14.2 Å². The maximum absolute atomic E-state index is 12.5. The second kappa shape index (κ2) is 6.09. The molecular weight excluding hydrogens is 320 g/mol. The lowest BCUT2D eigenvalue weighted by Gasteiger charge is -2.08. The molecule has 0 aromatic heterocycles. The molecule has 0 fully saturated rings. The highest BCUT2D eigenvalue weighted by molar-refractivity contribution is 9.10. The maximum atomic E-state index is 12.5. The van der Waals surface area contributed by atoms with Gasteiger partial charge in [0.1, 0.15) is 11.5 Å². The Morgan fingerprint density at radius 3 is 2.05 bits per heavy atom. The summed E-state index contributed by atoms with van der Waals surface area (Å²) >= 11 is 3.44. The fourth-order valence-electron chi connectivity index (χ4n) is 1.84. The maximum Gasteiger partial charge on any atom is 0.193 e. The van der Waals surface area contributed by atoms with Crippen LogP contribution >= 0.6 is 15.9 Å². The molecular formula is C16H15BrO3.